The smallest absolute Gasteiger partial charge is 0.251 e. The van der Waals surface area contributed by atoms with Gasteiger partial charge in [0.1, 0.15) is 11.5 Å². The second kappa shape index (κ2) is 6.16. The maximum atomic E-state index is 12.3. The molecule has 0 aliphatic heterocycles. The van der Waals surface area contributed by atoms with Crippen LogP contribution < -0.4 is 14.8 Å². The second-order valence-corrected chi connectivity index (χ2v) is 5.59. The lowest BCUT2D eigenvalue weighted by molar-refractivity contribution is 0.0936. The first-order valence-electron chi connectivity index (χ1n) is 7.08. The van der Waals surface area contributed by atoms with Crippen LogP contribution in [0.4, 0.5) is 0 Å². The van der Waals surface area contributed by atoms with E-state index in [-0.39, 0.29) is 11.9 Å². The van der Waals surface area contributed by atoms with Gasteiger partial charge in [-0.25, -0.2) is 0 Å². The first kappa shape index (κ1) is 14.7. The molecule has 1 aliphatic carbocycles. The molecule has 4 nitrogen and oxygen atoms in total. The van der Waals surface area contributed by atoms with Gasteiger partial charge in [-0.15, -0.1) is 0 Å². The van der Waals surface area contributed by atoms with Crippen LogP contribution in [0.25, 0.3) is 0 Å². The number of rotatable bonds is 4. The van der Waals surface area contributed by atoms with Gasteiger partial charge < -0.3 is 14.8 Å². The van der Waals surface area contributed by atoms with Gasteiger partial charge in [0.05, 0.1) is 14.2 Å². The molecule has 20 heavy (non-hydrogen) atoms. The Morgan fingerprint density at radius 2 is 1.80 bits per heavy atom. The summed E-state index contributed by atoms with van der Waals surface area (Å²) in [5, 5.41) is 3.10. The number of hydrogen-bond donors (Lipinski definition) is 1. The minimum atomic E-state index is -0.0549. The Hall–Kier alpha value is -1.71. The van der Waals surface area contributed by atoms with Crippen LogP contribution >= 0.6 is 0 Å². The quantitative estimate of drug-likeness (QED) is 0.920. The molecular formula is C16H23NO3. The van der Waals surface area contributed by atoms with Crippen LogP contribution in [0.1, 0.15) is 42.1 Å². The topological polar surface area (TPSA) is 47.6 Å². The fourth-order valence-electron chi connectivity index (χ4n) is 2.82. The molecule has 2 rings (SSSR count). The summed E-state index contributed by atoms with van der Waals surface area (Å²) >= 11 is 0. The van der Waals surface area contributed by atoms with Crippen molar-refractivity contribution in [2.75, 3.05) is 14.2 Å². The Morgan fingerprint density at radius 3 is 2.25 bits per heavy atom. The summed E-state index contributed by atoms with van der Waals surface area (Å²) in [6.07, 6.45) is 3.31. The number of benzene rings is 1. The van der Waals surface area contributed by atoms with Crippen LogP contribution in [0.5, 0.6) is 11.5 Å². The van der Waals surface area contributed by atoms with Crippen LogP contribution in [0.3, 0.4) is 0 Å². The average molecular weight is 277 g/mol. The van der Waals surface area contributed by atoms with Crippen molar-refractivity contribution >= 4 is 5.91 Å². The van der Waals surface area contributed by atoms with E-state index in [1.165, 1.54) is 6.42 Å². The SMILES string of the molecule is COc1cc(C(=O)NC2CCC(C)C2)cc(OC)c1C. The number of nitrogens with one attached hydrogen (secondary N) is 1. The molecule has 0 bridgehead atoms. The minimum absolute atomic E-state index is 0.0549. The number of amides is 1. The van der Waals surface area contributed by atoms with E-state index < -0.39 is 0 Å². The third kappa shape index (κ3) is 3.06. The maximum absolute atomic E-state index is 12.3. The Morgan fingerprint density at radius 1 is 1.20 bits per heavy atom. The molecule has 0 saturated heterocycles. The molecule has 0 heterocycles. The zero-order valence-electron chi connectivity index (χ0n) is 12.7. The molecule has 2 atom stereocenters. The molecule has 1 N–H and O–H groups in total. The highest BCUT2D eigenvalue weighted by Gasteiger charge is 2.23. The highest BCUT2D eigenvalue weighted by molar-refractivity contribution is 5.95. The zero-order chi connectivity index (χ0) is 14.7. The summed E-state index contributed by atoms with van der Waals surface area (Å²) in [5.41, 5.74) is 1.49. The van der Waals surface area contributed by atoms with Crippen LogP contribution in [0.15, 0.2) is 12.1 Å². The molecule has 4 heteroatoms. The Labute approximate surface area is 120 Å². The van der Waals surface area contributed by atoms with E-state index in [1.807, 2.05) is 6.92 Å². The van der Waals surface area contributed by atoms with Crippen molar-refractivity contribution in [3.8, 4) is 11.5 Å². The van der Waals surface area contributed by atoms with Crippen molar-refractivity contribution in [3.63, 3.8) is 0 Å². The first-order chi connectivity index (χ1) is 9.55. The Balaban J connectivity index is 2.17. The van der Waals surface area contributed by atoms with Crippen molar-refractivity contribution < 1.29 is 14.3 Å². The van der Waals surface area contributed by atoms with Gasteiger partial charge in [0, 0.05) is 17.2 Å². The molecule has 1 aromatic carbocycles. The lowest BCUT2D eigenvalue weighted by atomic mass is 10.1. The van der Waals surface area contributed by atoms with Gasteiger partial charge in [0.2, 0.25) is 0 Å². The van der Waals surface area contributed by atoms with Crippen molar-refractivity contribution in [2.45, 2.75) is 39.2 Å². The predicted molar refractivity (Wildman–Crippen MR) is 78.6 cm³/mol. The van der Waals surface area contributed by atoms with E-state index in [1.54, 1.807) is 26.4 Å². The minimum Gasteiger partial charge on any atom is -0.496 e. The number of hydrogen-bond acceptors (Lipinski definition) is 3. The molecule has 1 aliphatic rings. The summed E-state index contributed by atoms with van der Waals surface area (Å²) in [7, 11) is 3.20. The monoisotopic (exact) mass is 277 g/mol. The van der Waals surface area contributed by atoms with Crippen LogP contribution in [-0.2, 0) is 0 Å². The molecule has 1 amide bonds. The number of ether oxygens (including phenoxy) is 2. The molecule has 0 aromatic heterocycles. The van der Waals surface area contributed by atoms with E-state index in [9.17, 15) is 4.79 Å². The van der Waals surface area contributed by atoms with E-state index >= 15 is 0 Å². The van der Waals surface area contributed by atoms with Crippen LogP contribution in [-0.4, -0.2) is 26.2 Å². The zero-order valence-corrected chi connectivity index (χ0v) is 12.7. The van der Waals surface area contributed by atoms with Gasteiger partial charge in [-0.05, 0) is 44.2 Å². The molecule has 2 unspecified atom stereocenters. The summed E-state index contributed by atoms with van der Waals surface area (Å²) in [4.78, 5) is 12.3. The summed E-state index contributed by atoms with van der Waals surface area (Å²) < 4.78 is 10.6. The molecular weight excluding hydrogens is 254 g/mol. The van der Waals surface area contributed by atoms with Crippen LogP contribution in [0, 0.1) is 12.8 Å². The summed E-state index contributed by atoms with van der Waals surface area (Å²) in [6, 6.07) is 3.83. The highest BCUT2D eigenvalue weighted by atomic mass is 16.5. The first-order valence-corrected chi connectivity index (χ1v) is 7.08. The molecule has 1 fully saturated rings. The Bertz CT molecular complexity index is 473. The van der Waals surface area contributed by atoms with Gasteiger partial charge in [-0.2, -0.15) is 0 Å². The third-order valence-electron chi connectivity index (χ3n) is 4.04. The maximum Gasteiger partial charge on any atom is 0.251 e. The standard InChI is InChI=1S/C16H23NO3/c1-10-5-6-13(7-10)17-16(18)12-8-14(19-3)11(2)15(9-12)20-4/h8-10,13H,5-7H2,1-4H3,(H,17,18). The van der Waals surface area contributed by atoms with Crippen molar-refractivity contribution in [1.82, 2.24) is 5.32 Å². The fraction of sp³-hybridized carbons (Fsp3) is 0.562. The van der Waals surface area contributed by atoms with Crippen molar-refractivity contribution in [2.24, 2.45) is 5.92 Å². The third-order valence-corrected chi connectivity index (χ3v) is 4.04. The molecule has 0 radical (unpaired) electrons. The lowest BCUT2D eigenvalue weighted by Crippen LogP contribution is -2.32. The van der Waals surface area contributed by atoms with Gasteiger partial charge in [-0.1, -0.05) is 6.92 Å². The largest absolute Gasteiger partial charge is 0.496 e. The van der Waals surface area contributed by atoms with Crippen LogP contribution in [0.2, 0.25) is 0 Å². The van der Waals surface area contributed by atoms with E-state index in [0.717, 1.165) is 18.4 Å². The Kier molecular flexibility index (Phi) is 4.53. The molecule has 1 aromatic rings. The predicted octanol–water partition coefficient (Wildman–Crippen LogP) is 2.93. The van der Waals surface area contributed by atoms with Gasteiger partial charge in [-0.3, -0.25) is 4.79 Å². The lowest BCUT2D eigenvalue weighted by Gasteiger charge is -2.15. The second-order valence-electron chi connectivity index (χ2n) is 5.59. The molecule has 1 saturated carbocycles. The van der Waals surface area contributed by atoms with E-state index in [0.29, 0.717) is 23.0 Å². The number of methoxy groups -OCH3 is 2. The van der Waals surface area contributed by atoms with E-state index in [4.69, 9.17) is 9.47 Å². The van der Waals surface area contributed by atoms with Gasteiger partial charge in [0.25, 0.3) is 5.91 Å². The average Bonchev–Trinajstić information content (AvgIpc) is 2.84. The molecule has 0 spiro atoms. The normalized spacial score (nSPS) is 21.6. The number of carbonyl (C=O) groups excluding carboxylic acids is 1. The summed E-state index contributed by atoms with van der Waals surface area (Å²) in [6.45, 7) is 4.14. The van der Waals surface area contributed by atoms with Gasteiger partial charge >= 0.3 is 0 Å². The highest BCUT2D eigenvalue weighted by Crippen LogP contribution is 2.30. The van der Waals surface area contributed by atoms with Crippen molar-refractivity contribution in [1.29, 1.82) is 0 Å². The van der Waals surface area contributed by atoms with Gasteiger partial charge in [0.15, 0.2) is 0 Å². The van der Waals surface area contributed by atoms with Crippen molar-refractivity contribution in [3.05, 3.63) is 23.3 Å². The van der Waals surface area contributed by atoms with E-state index in [2.05, 4.69) is 12.2 Å². The molecule has 110 valence electrons. The number of carbonyl (C=O) groups is 1. The fourth-order valence-corrected chi connectivity index (χ4v) is 2.82. The summed E-state index contributed by atoms with van der Waals surface area (Å²) in [5.74, 6) is 1.99.